The topological polar surface area (TPSA) is 75.9 Å². The lowest BCUT2D eigenvalue weighted by molar-refractivity contribution is -0.122. The molecule has 32 heavy (non-hydrogen) atoms. The number of hydrogen-bond acceptors (Lipinski definition) is 6. The number of hydrogen-bond donors (Lipinski definition) is 1. The Labute approximate surface area is 194 Å². The number of anilines is 1. The molecule has 3 aromatic rings. The van der Waals surface area contributed by atoms with Crippen LogP contribution in [0.5, 0.6) is 0 Å². The van der Waals surface area contributed by atoms with Gasteiger partial charge in [-0.1, -0.05) is 55.9 Å². The molecule has 4 rings (SSSR count). The van der Waals surface area contributed by atoms with Gasteiger partial charge in [-0.05, 0) is 31.2 Å². The molecule has 0 bridgehead atoms. The maximum Gasteiger partial charge on any atom is 0.227 e. The summed E-state index contributed by atoms with van der Waals surface area (Å²) in [5.74, 6) is 1.91. The highest BCUT2D eigenvalue weighted by Crippen LogP contribution is 2.29. The number of nitrogens with one attached hydrogen (secondary N) is 1. The second kappa shape index (κ2) is 10.8. The Bertz CT molecular complexity index is 1030. The van der Waals surface area contributed by atoms with Crippen molar-refractivity contribution in [1.29, 1.82) is 0 Å². The highest BCUT2D eigenvalue weighted by molar-refractivity contribution is 7.99. The van der Waals surface area contributed by atoms with Crippen molar-refractivity contribution in [2.75, 3.05) is 30.3 Å². The van der Waals surface area contributed by atoms with E-state index >= 15 is 0 Å². The Hall–Kier alpha value is -2.61. The number of nitrogens with zero attached hydrogens (tertiary/aromatic N) is 5. The summed E-state index contributed by atoms with van der Waals surface area (Å²) in [7, 11) is 0. The first kappa shape index (κ1) is 22.6. The summed E-state index contributed by atoms with van der Waals surface area (Å²) < 4.78 is 1.90. The van der Waals surface area contributed by atoms with E-state index < -0.39 is 0 Å². The molecule has 3 heterocycles. The summed E-state index contributed by atoms with van der Waals surface area (Å²) in [6.07, 6.45) is 6.12. The maximum atomic E-state index is 12.8. The summed E-state index contributed by atoms with van der Waals surface area (Å²) in [5, 5.41) is 9.49. The Kier molecular flexibility index (Phi) is 7.63. The van der Waals surface area contributed by atoms with E-state index in [1.54, 1.807) is 11.8 Å². The second-order valence-corrected chi connectivity index (χ2v) is 9.20. The summed E-state index contributed by atoms with van der Waals surface area (Å²) in [4.78, 5) is 24.8. The molecule has 0 saturated carbocycles. The van der Waals surface area contributed by atoms with Crippen LogP contribution in [0.1, 0.15) is 51.0 Å². The largest absolute Gasteiger partial charge is 0.356 e. The number of fused-ring (bicyclic) bond motifs is 1. The fraction of sp³-hybridized carbons (Fsp3) is 0.500. The number of rotatable bonds is 10. The van der Waals surface area contributed by atoms with Gasteiger partial charge in [0.1, 0.15) is 5.82 Å². The molecule has 2 aromatic heterocycles. The molecule has 0 aliphatic carbocycles. The van der Waals surface area contributed by atoms with Gasteiger partial charge in [0.25, 0.3) is 0 Å². The molecule has 1 amide bonds. The fourth-order valence-corrected chi connectivity index (χ4v) is 4.87. The van der Waals surface area contributed by atoms with E-state index in [1.165, 1.54) is 12.8 Å². The van der Waals surface area contributed by atoms with Crippen LogP contribution < -0.4 is 10.2 Å². The Balaban J connectivity index is 1.49. The van der Waals surface area contributed by atoms with Gasteiger partial charge in [0.05, 0.1) is 24.0 Å². The number of thioether (sulfide) groups is 1. The van der Waals surface area contributed by atoms with Crippen LogP contribution in [0.4, 0.5) is 5.82 Å². The Morgan fingerprint density at radius 2 is 1.94 bits per heavy atom. The van der Waals surface area contributed by atoms with Crippen LogP contribution >= 0.6 is 11.8 Å². The van der Waals surface area contributed by atoms with Gasteiger partial charge in [-0.25, -0.2) is 14.6 Å². The normalized spacial score (nSPS) is 14.8. The molecule has 1 unspecified atom stereocenters. The van der Waals surface area contributed by atoms with E-state index in [1.807, 2.05) is 48.1 Å². The van der Waals surface area contributed by atoms with Crippen molar-refractivity contribution in [3.63, 3.8) is 0 Å². The molecular formula is C24H32N6OS. The van der Waals surface area contributed by atoms with Crippen molar-refractivity contribution in [1.82, 2.24) is 25.1 Å². The molecule has 7 nitrogen and oxygen atoms in total. The molecular weight excluding hydrogens is 420 g/mol. The van der Waals surface area contributed by atoms with Crippen molar-refractivity contribution in [2.24, 2.45) is 0 Å². The molecule has 170 valence electrons. The zero-order chi connectivity index (χ0) is 22.3. The minimum Gasteiger partial charge on any atom is -0.356 e. The molecule has 1 aliphatic heterocycles. The summed E-state index contributed by atoms with van der Waals surface area (Å²) >= 11 is 1.69. The van der Waals surface area contributed by atoms with Crippen LogP contribution in [0.3, 0.4) is 0 Å². The summed E-state index contributed by atoms with van der Waals surface area (Å²) in [5.41, 5.74) is 1.91. The minimum absolute atomic E-state index is 0.0572. The lowest BCUT2D eigenvalue weighted by Crippen LogP contribution is -2.32. The SMILES string of the molecule is CCCSc1nc(N2CCCC2)c2cnn(CCNC(=O)C(CC)c3ccccc3)c2n1. The van der Waals surface area contributed by atoms with Crippen LogP contribution in [0.15, 0.2) is 41.7 Å². The van der Waals surface area contributed by atoms with E-state index in [9.17, 15) is 4.79 Å². The molecule has 1 aromatic carbocycles. The molecule has 1 saturated heterocycles. The van der Waals surface area contributed by atoms with Crippen LogP contribution in [-0.4, -0.2) is 51.0 Å². The van der Waals surface area contributed by atoms with Gasteiger partial charge in [0.15, 0.2) is 10.8 Å². The summed E-state index contributed by atoms with van der Waals surface area (Å²) in [6, 6.07) is 9.96. The van der Waals surface area contributed by atoms with E-state index in [0.29, 0.717) is 13.1 Å². The Morgan fingerprint density at radius 1 is 1.16 bits per heavy atom. The third-order valence-corrected chi connectivity index (χ3v) is 6.90. The predicted molar refractivity (Wildman–Crippen MR) is 130 cm³/mol. The van der Waals surface area contributed by atoms with E-state index in [0.717, 1.165) is 59.3 Å². The first-order valence-electron chi connectivity index (χ1n) is 11.6. The molecule has 0 radical (unpaired) electrons. The number of aromatic nitrogens is 4. The maximum absolute atomic E-state index is 12.8. The van der Waals surface area contributed by atoms with Gasteiger partial charge in [-0.2, -0.15) is 5.10 Å². The molecule has 1 fully saturated rings. The molecule has 1 atom stereocenters. The van der Waals surface area contributed by atoms with Crippen molar-refractivity contribution < 1.29 is 4.79 Å². The molecule has 8 heteroatoms. The fourth-order valence-electron chi connectivity index (χ4n) is 4.18. The van der Waals surface area contributed by atoms with E-state index in [2.05, 4.69) is 22.2 Å². The van der Waals surface area contributed by atoms with Gasteiger partial charge in [-0.15, -0.1) is 0 Å². The minimum atomic E-state index is -0.133. The third kappa shape index (κ3) is 5.06. The second-order valence-electron chi connectivity index (χ2n) is 8.14. The van der Waals surface area contributed by atoms with Gasteiger partial charge >= 0.3 is 0 Å². The van der Waals surface area contributed by atoms with Gasteiger partial charge < -0.3 is 10.2 Å². The van der Waals surface area contributed by atoms with Crippen LogP contribution in [0.25, 0.3) is 11.0 Å². The number of benzene rings is 1. The smallest absolute Gasteiger partial charge is 0.227 e. The molecule has 1 N–H and O–H groups in total. The Morgan fingerprint density at radius 3 is 2.66 bits per heavy atom. The highest BCUT2D eigenvalue weighted by Gasteiger charge is 2.21. The number of amides is 1. The summed E-state index contributed by atoms with van der Waals surface area (Å²) in [6.45, 7) is 7.36. The van der Waals surface area contributed by atoms with Crippen molar-refractivity contribution >= 4 is 34.5 Å². The monoisotopic (exact) mass is 452 g/mol. The van der Waals surface area contributed by atoms with Gasteiger partial charge in [0, 0.05) is 25.4 Å². The quantitative estimate of drug-likeness (QED) is 0.366. The number of carbonyl (C=O) groups excluding carboxylic acids is 1. The first-order valence-corrected chi connectivity index (χ1v) is 12.6. The zero-order valence-corrected chi connectivity index (χ0v) is 19.8. The van der Waals surface area contributed by atoms with E-state index in [-0.39, 0.29) is 11.8 Å². The van der Waals surface area contributed by atoms with Gasteiger partial charge in [0.2, 0.25) is 5.91 Å². The van der Waals surface area contributed by atoms with Crippen molar-refractivity contribution in [3.8, 4) is 0 Å². The average molecular weight is 453 g/mol. The standard InChI is InChI=1S/C24H32N6OS/c1-3-16-32-24-27-21(29-13-8-9-14-29)20-17-26-30(22(20)28-24)15-12-25-23(31)19(4-2)18-10-6-5-7-11-18/h5-7,10-11,17,19H,3-4,8-9,12-16H2,1-2H3,(H,25,31). The van der Waals surface area contributed by atoms with Crippen LogP contribution in [0, 0.1) is 0 Å². The molecule has 1 aliphatic rings. The predicted octanol–water partition coefficient (Wildman–Crippen LogP) is 4.24. The van der Waals surface area contributed by atoms with Crippen LogP contribution in [0.2, 0.25) is 0 Å². The first-order chi connectivity index (χ1) is 15.7. The van der Waals surface area contributed by atoms with E-state index in [4.69, 9.17) is 9.97 Å². The lowest BCUT2D eigenvalue weighted by Gasteiger charge is -2.18. The zero-order valence-electron chi connectivity index (χ0n) is 19.0. The van der Waals surface area contributed by atoms with Crippen molar-refractivity contribution in [3.05, 3.63) is 42.1 Å². The lowest BCUT2D eigenvalue weighted by atomic mass is 9.96. The van der Waals surface area contributed by atoms with Crippen LogP contribution in [-0.2, 0) is 11.3 Å². The van der Waals surface area contributed by atoms with Crippen molar-refractivity contribution in [2.45, 2.75) is 57.1 Å². The highest BCUT2D eigenvalue weighted by atomic mass is 32.2. The van der Waals surface area contributed by atoms with Gasteiger partial charge in [-0.3, -0.25) is 4.79 Å². The average Bonchev–Trinajstić information content (AvgIpc) is 3.49. The number of carbonyl (C=O) groups is 1. The third-order valence-electron chi connectivity index (χ3n) is 5.85. The molecule has 0 spiro atoms.